The molecule has 2 aromatic heterocycles. The maximum atomic E-state index is 12.0. The van der Waals surface area contributed by atoms with Crippen molar-refractivity contribution in [2.45, 2.75) is 17.9 Å². The first-order valence-electron chi connectivity index (χ1n) is 5.64. The topological polar surface area (TPSA) is 114 Å². The molecule has 0 spiro atoms. The van der Waals surface area contributed by atoms with E-state index in [0.29, 0.717) is 5.69 Å². The van der Waals surface area contributed by atoms with Crippen molar-refractivity contribution in [1.29, 1.82) is 0 Å². The van der Waals surface area contributed by atoms with Crippen LogP contribution in [0.15, 0.2) is 41.8 Å². The molecule has 2 N–H and O–H groups in total. The summed E-state index contributed by atoms with van der Waals surface area (Å²) in [5.74, 6) is -0.974. The van der Waals surface area contributed by atoms with Crippen LogP contribution in [0, 0.1) is 0 Å². The van der Waals surface area contributed by atoms with Crippen molar-refractivity contribution in [3.63, 3.8) is 0 Å². The van der Waals surface area contributed by atoms with Gasteiger partial charge in [0.2, 0.25) is 0 Å². The molecule has 0 unspecified atom stereocenters. The average Bonchev–Trinajstić information content (AvgIpc) is 2.86. The van der Waals surface area contributed by atoms with Gasteiger partial charge in [0.15, 0.2) is 0 Å². The maximum absolute atomic E-state index is 12.0. The first kappa shape index (κ1) is 14.0. The van der Waals surface area contributed by atoms with E-state index >= 15 is 0 Å². The van der Waals surface area contributed by atoms with Gasteiger partial charge in [-0.25, -0.2) is 8.42 Å². The van der Waals surface area contributed by atoms with Crippen molar-refractivity contribution in [2.75, 3.05) is 4.72 Å². The number of aromatic nitrogens is 3. The van der Waals surface area contributed by atoms with E-state index in [0.717, 1.165) is 0 Å². The molecule has 0 aliphatic heterocycles. The molecule has 0 aliphatic carbocycles. The van der Waals surface area contributed by atoms with E-state index in [4.69, 9.17) is 5.11 Å². The number of rotatable bonds is 6. The minimum atomic E-state index is -3.75. The number of carboxylic acids is 1. The number of nitrogens with one attached hydrogen (secondary N) is 1. The predicted molar refractivity (Wildman–Crippen MR) is 69.5 cm³/mol. The van der Waals surface area contributed by atoms with Crippen LogP contribution in [0.1, 0.15) is 6.42 Å². The predicted octanol–water partition coefficient (Wildman–Crippen LogP) is 0.554. The van der Waals surface area contributed by atoms with E-state index in [-0.39, 0.29) is 17.9 Å². The molecule has 0 aromatic carbocycles. The van der Waals surface area contributed by atoms with Crippen LogP contribution in [0.5, 0.6) is 0 Å². The first-order chi connectivity index (χ1) is 9.47. The van der Waals surface area contributed by atoms with Gasteiger partial charge >= 0.3 is 5.97 Å². The highest BCUT2D eigenvalue weighted by molar-refractivity contribution is 7.92. The van der Waals surface area contributed by atoms with Crippen molar-refractivity contribution in [3.8, 4) is 0 Å². The Labute approximate surface area is 115 Å². The van der Waals surface area contributed by atoms with Crippen molar-refractivity contribution in [1.82, 2.24) is 14.8 Å². The molecule has 0 saturated heterocycles. The van der Waals surface area contributed by atoms with Gasteiger partial charge in [0.25, 0.3) is 10.0 Å². The Morgan fingerprint density at radius 1 is 1.40 bits per heavy atom. The second-order valence-electron chi connectivity index (χ2n) is 3.93. The fourth-order valence-electron chi connectivity index (χ4n) is 1.45. The Bertz CT molecular complexity index is 696. The van der Waals surface area contributed by atoms with Crippen LogP contribution in [-0.4, -0.2) is 34.3 Å². The summed E-state index contributed by atoms with van der Waals surface area (Å²) in [5, 5.41) is 12.4. The third-order valence-electron chi connectivity index (χ3n) is 2.39. The fourth-order valence-corrected chi connectivity index (χ4v) is 2.45. The Balaban J connectivity index is 2.12. The number of hydrogen-bond acceptors (Lipinski definition) is 5. The lowest BCUT2D eigenvalue weighted by Crippen LogP contribution is -2.12. The average molecular weight is 296 g/mol. The number of aliphatic carboxylic acids is 1. The van der Waals surface area contributed by atoms with Crippen molar-refractivity contribution in [2.24, 2.45) is 0 Å². The van der Waals surface area contributed by atoms with Crippen molar-refractivity contribution in [3.05, 3.63) is 36.9 Å². The van der Waals surface area contributed by atoms with Crippen LogP contribution < -0.4 is 4.72 Å². The molecule has 2 rings (SSSR count). The number of sulfonamides is 1. The molecule has 0 amide bonds. The van der Waals surface area contributed by atoms with Crippen LogP contribution in [0.4, 0.5) is 5.69 Å². The summed E-state index contributed by atoms with van der Waals surface area (Å²) >= 11 is 0. The summed E-state index contributed by atoms with van der Waals surface area (Å²) in [5.41, 5.74) is 0.339. The molecular formula is C11H12N4O4S. The number of nitrogens with zero attached hydrogens (tertiary/aromatic N) is 3. The molecule has 0 aliphatic rings. The van der Waals surface area contributed by atoms with E-state index in [1.807, 2.05) is 0 Å². The fraction of sp³-hybridized carbons (Fsp3) is 0.182. The number of anilines is 1. The van der Waals surface area contributed by atoms with Crippen LogP contribution in [0.2, 0.25) is 0 Å². The Morgan fingerprint density at radius 2 is 2.20 bits per heavy atom. The SMILES string of the molecule is O=C(O)CCn1cc(S(=O)(=O)Nc2cccnc2)cn1. The largest absolute Gasteiger partial charge is 0.481 e. The zero-order valence-electron chi connectivity index (χ0n) is 10.3. The van der Waals surface area contributed by atoms with Gasteiger partial charge in [0, 0.05) is 12.4 Å². The van der Waals surface area contributed by atoms with Gasteiger partial charge in [-0.15, -0.1) is 0 Å². The van der Waals surface area contributed by atoms with Gasteiger partial charge in [-0.2, -0.15) is 5.10 Å². The van der Waals surface area contributed by atoms with Gasteiger partial charge < -0.3 is 5.11 Å². The highest BCUT2D eigenvalue weighted by atomic mass is 32.2. The normalized spacial score (nSPS) is 11.2. The van der Waals surface area contributed by atoms with E-state index in [1.54, 1.807) is 12.1 Å². The van der Waals surface area contributed by atoms with Crippen LogP contribution >= 0.6 is 0 Å². The second-order valence-corrected chi connectivity index (χ2v) is 5.61. The lowest BCUT2D eigenvalue weighted by atomic mass is 10.4. The minimum Gasteiger partial charge on any atom is -0.481 e. The maximum Gasteiger partial charge on any atom is 0.305 e. The number of hydrogen-bond donors (Lipinski definition) is 2. The van der Waals surface area contributed by atoms with Crippen molar-refractivity contribution < 1.29 is 18.3 Å². The lowest BCUT2D eigenvalue weighted by Gasteiger charge is -2.04. The monoisotopic (exact) mass is 296 g/mol. The van der Waals surface area contributed by atoms with Crippen LogP contribution in [-0.2, 0) is 21.4 Å². The molecule has 106 valence electrons. The third kappa shape index (κ3) is 3.54. The van der Waals surface area contributed by atoms with Gasteiger partial charge in [-0.05, 0) is 12.1 Å². The molecule has 20 heavy (non-hydrogen) atoms. The van der Waals surface area contributed by atoms with Gasteiger partial charge in [-0.3, -0.25) is 19.2 Å². The quantitative estimate of drug-likeness (QED) is 0.804. The Kier molecular flexibility index (Phi) is 3.99. The minimum absolute atomic E-state index is 0.0354. The molecule has 0 fully saturated rings. The molecule has 2 heterocycles. The number of aryl methyl sites for hydroxylation is 1. The third-order valence-corrected chi connectivity index (χ3v) is 3.72. The summed E-state index contributed by atoms with van der Waals surface area (Å²) in [6, 6.07) is 3.17. The first-order valence-corrected chi connectivity index (χ1v) is 7.13. The van der Waals surface area contributed by atoms with E-state index in [1.165, 1.54) is 29.5 Å². The molecular weight excluding hydrogens is 284 g/mol. The zero-order valence-corrected chi connectivity index (χ0v) is 11.1. The Morgan fingerprint density at radius 3 is 2.85 bits per heavy atom. The molecule has 9 heteroatoms. The molecule has 8 nitrogen and oxygen atoms in total. The van der Waals surface area contributed by atoms with Gasteiger partial charge in [-0.1, -0.05) is 0 Å². The van der Waals surface area contributed by atoms with Crippen molar-refractivity contribution >= 4 is 21.7 Å². The van der Waals surface area contributed by atoms with Gasteiger partial charge in [0.1, 0.15) is 4.90 Å². The standard InChI is InChI=1S/C11H12N4O4S/c16-11(17)3-5-15-8-10(7-13-15)20(18,19)14-9-2-1-4-12-6-9/h1-2,4,6-8,14H,3,5H2,(H,16,17). The molecule has 0 radical (unpaired) electrons. The summed E-state index contributed by atoms with van der Waals surface area (Å²) in [6.45, 7) is 0.109. The lowest BCUT2D eigenvalue weighted by molar-refractivity contribution is -0.137. The summed E-state index contributed by atoms with van der Waals surface area (Å²) in [7, 11) is -3.75. The molecule has 2 aromatic rings. The molecule has 0 atom stereocenters. The summed E-state index contributed by atoms with van der Waals surface area (Å²) < 4.78 is 27.7. The van der Waals surface area contributed by atoms with E-state index in [9.17, 15) is 13.2 Å². The summed E-state index contributed by atoms with van der Waals surface area (Å²) in [4.78, 5) is 14.2. The number of carbonyl (C=O) groups is 1. The summed E-state index contributed by atoms with van der Waals surface area (Å²) in [6.07, 6.45) is 5.23. The zero-order chi connectivity index (χ0) is 14.6. The highest BCUT2D eigenvalue weighted by Crippen LogP contribution is 2.14. The van der Waals surface area contributed by atoms with Crippen LogP contribution in [0.25, 0.3) is 0 Å². The van der Waals surface area contributed by atoms with Gasteiger partial charge in [0.05, 0.1) is 31.0 Å². The van der Waals surface area contributed by atoms with E-state index in [2.05, 4.69) is 14.8 Å². The molecule has 0 bridgehead atoms. The Hall–Kier alpha value is -2.42. The van der Waals surface area contributed by atoms with Crippen LogP contribution in [0.3, 0.4) is 0 Å². The van der Waals surface area contributed by atoms with E-state index < -0.39 is 16.0 Å². The number of carboxylic acid groups (broad SMARTS) is 1. The number of pyridine rings is 1. The second kappa shape index (κ2) is 5.70. The molecule has 0 saturated carbocycles. The highest BCUT2D eigenvalue weighted by Gasteiger charge is 2.16. The smallest absolute Gasteiger partial charge is 0.305 e.